The molecule has 2 fully saturated rings. The molecule has 22 heavy (non-hydrogen) atoms. The highest BCUT2D eigenvalue weighted by Crippen LogP contribution is 2.42. The Kier molecular flexibility index (Phi) is 4.42. The van der Waals surface area contributed by atoms with Crippen molar-refractivity contribution in [3.05, 3.63) is 23.8 Å². The molecule has 0 bridgehead atoms. The van der Waals surface area contributed by atoms with E-state index in [4.69, 9.17) is 9.47 Å². The number of nitrogens with zero attached hydrogens (tertiary/aromatic N) is 1. The summed E-state index contributed by atoms with van der Waals surface area (Å²) in [4.78, 5) is 0.184. The Hall–Kier alpha value is -0.760. The third-order valence-corrected chi connectivity index (χ3v) is 7.62. The molecule has 0 N–H and O–H groups in total. The van der Waals surface area contributed by atoms with Crippen LogP contribution in [0.5, 0.6) is 5.75 Å². The second kappa shape index (κ2) is 6.03. The molecule has 5 nitrogen and oxygen atoms in total. The van der Waals surface area contributed by atoms with E-state index >= 15 is 0 Å². The maximum Gasteiger partial charge on any atom is 0.243 e. The zero-order chi connectivity index (χ0) is 15.8. The van der Waals surface area contributed by atoms with Gasteiger partial charge < -0.3 is 9.47 Å². The van der Waals surface area contributed by atoms with Crippen molar-refractivity contribution in [3.63, 3.8) is 0 Å². The first-order valence-electron chi connectivity index (χ1n) is 7.40. The summed E-state index contributed by atoms with van der Waals surface area (Å²) < 4.78 is 38.1. The Bertz CT molecular complexity index is 644. The van der Waals surface area contributed by atoms with Gasteiger partial charge in [-0.15, -0.1) is 11.8 Å². The topological polar surface area (TPSA) is 55.8 Å². The van der Waals surface area contributed by atoms with E-state index in [0.717, 1.165) is 30.8 Å². The first-order valence-corrected chi connectivity index (χ1v) is 9.82. The largest absolute Gasteiger partial charge is 0.496 e. The van der Waals surface area contributed by atoms with Crippen molar-refractivity contribution in [1.82, 2.24) is 4.31 Å². The Morgan fingerprint density at radius 2 is 2.05 bits per heavy atom. The molecule has 0 aliphatic carbocycles. The number of thioether (sulfide) groups is 1. The lowest BCUT2D eigenvalue weighted by molar-refractivity contribution is 0.0162. The first-order chi connectivity index (χ1) is 10.5. The first kappa shape index (κ1) is 16.1. The Balaban J connectivity index is 1.77. The Morgan fingerprint density at radius 1 is 1.32 bits per heavy atom. The van der Waals surface area contributed by atoms with Gasteiger partial charge in [-0.25, -0.2) is 8.42 Å². The lowest BCUT2D eigenvalue weighted by Gasteiger charge is -2.37. The van der Waals surface area contributed by atoms with E-state index in [0.29, 0.717) is 23.7 Å². The summed E-state index contributed by atoms with van der Waals surface area (Å²) in [6.45, 7) is 3.65. The summed E-state index contributed by atoms with van der Waals surface area (Å²) in [7, 11) is -1.86. The van der Waals surface area contributed by atoms with Crippen LogP contribution in [0.25, 0.3) is 0 Å². The van der Waals surface area contributed by atoms with Crippen LogP contribution in [0, 0.1) is 6.92 Å². The molecule has 2 saturated heterocycles. The van der Waals surface area contributed by atoms with Crippen LogP contribution in [-0.2, 0) is 14.8 Å². The van der Waals surface area contributed by atoms with Gasteiger partial charge in [-0.2, -0.15) is 4.31 Å². The third kappa shape index (κ3) is 2.87. The van der Waals surface area contributed by atoms with Crippen LogP contribution >= 0.6 is 11.8 Å². The van der Waals surface area contributed by atoms with Gasteiger partial charge in [-0.1, -0.05) is 0 Å². The van der Waals surface area contributed by atoms with Gasteiger partial charge in [0.05, 0.1) is 18.6 Å². The standard InChI is InChI=1S/C15H21NO4S2/c1-12-11-13(3-4-14(12)19-2)22(17,18)16-7-5-15(6-8-16)20-9-10-21-15/h3-4,11H,5-10H2,1-2H3. The van der Waals surface area contributed by atoms with E-state index in [1.165, 1.54) is 0 Å². The maximum atomic E-state index is 12.8. The Morgan fingerprint density at radius 3 is 2.59 bits per heavy atom. The van der Waals surface area contributed by atoms with E-state index < -0.39 is 10.0 Å². The average Bonchev–Trinajstić information content (AvgIpc) is 2.95. The molecule has 0 saturated carbocycles. The fourth-order valence-electron chi connectivity index (χ4n) is 3.01. The predicted molar refractivity (Wildman–Crippen MR) is 86.9 cm³/mol. The molecular weight excluding hydrogens is 322 g/mol. The zero-order valence-electron chi connectivity index (χ0n) is 12.9. The summed E-state index contributed by atoms with van der Waals surface area (Å²) >= 11 is 1.82. The number of benzene rings is 1. The highest BCUT2D eigenvalue weighted by molar-refractivity contribution is 8.00. The zero-order valence-corrected chi connectivity index (χ0v) is 14.5. The Labute approximate surface area is 136 Å². The number of hydrogen-bond acceptors (Lipinski definition) is 5. The molecule has 2 heterocycles. The minimum atomic E-state index is -3.44. The van der Waals surface area contributed by atoms with Crippen molar-refractivity contribution < 1.29 is 17.9 Å². The van der Waals surface area contributed by atoms with Crippen molar-refractivity contribution in [3.8, 4) is 5.75 Å². The number of hydrogen-bond donors (Lipinski definition) is 0. The number of ether oxygens (including phenoxy) is 2. The molecule has 0 atom stereocenters. The molecular formula is C15H21NO4S2. The second-order valence-corrected chi connectivity index (χ2v) is 9.02. The van der Waals surface area contributed by atoms with E-state index in [1.54, 1.807) is 29.6 Å². The molecule has 0 radical (unpaired) electrons. The van der Waals surface area contributed by atoms with Crippen LogP contribution in [0.15, 0.2) is 23.1 Å². The van der Waals surface area contributed by atoms with Gasteiger partial charge in [0.2, 0.25) is 10.0 Å². The quantitative estimate of drug-likeness (QED) is 0.842. The molecule has 0 aromatic heterocycles. The molecule has 1 aromatic rings. The normalized spacial score (nSPS) is 22.1. The van der Waals surface area contributed by atoms with Gasteiger partial charge in [0, 0.05) is 18.8 Å². The minimum absolute atomic E-state index is 0.151. The number of piperidine rings is 1. The van der Waals surface area contributed by atoms with Crippen LogP contribution in [-0.4, -0.2) is 50.2 Å². The summed E-state index contributed by atoms with van der Waals surface area (Å²) in [6.07, 6.45) is 1.51. The van der Waals surface area contributed by atoms with Gasteiger partial charge >= 0.3 is 0 Å². The fourth-order valence-corrected chi connectivity index (χ4v) is 5.72. The SMILES string of the molecule is COc1ccc(S(=O)(=O)N2CCC3(CC2)OCCS3)cc1C. The molecule has 0 amide bonds. The van der Waals surface area contributed by atoms with Crippen molar-refractivity contribution in [2.75, 3.05) is 32.6 Å². The van der Waals surface area contributed by atoms with Crippen LogP contribution < -0.4 is 4.74 Å². The van der Waals surface area contributed by atoms with Crippen molar-refractivity contribution in [2.45, 2.75) is 29.6 Å². The van der Waals surface area contributed by atoms with Crippen LogP contribution in [0.3, 0.4) is 0 Å². The van der Waals surface area contributed by atoms with Crippen molar-refractivity contribution >= 4 is 21.8 Å². The highest BCUT2D eigenvalue weighted by atomic mass is 32.2. The fraction of sp³-hybridized carbons (Fsp3) is 0.600. The average molecular weight is 343 g/mol. The number of aryl methyl sites for hydroxylation is 1. The summed E-state index contributed by atoms with van der Waals surface area (Å²) in [6, 6.07) is 5.01. The number of methoxy groups -OCH3 is 1. The summed E-state index contributed by atoms with van der Waals surface area (Å²) in [5, 5.41) is 0. The number of sulfonamides is 1. The van der Waals surface area contributed by atoms with Gasteiger partial charge in [-0.3, -0.25) is 0 Å². The van der Waals surface area contributed by atoms with E-state index in [1.807, 2.05) is 18.7 Å². The van der Waals surface area contributed by atoms with Crippen LogP contribution in [0.2, 0.25) is 0 Å². The van der Waals surface area contributed by atoms with E-state index in [9.17, 15) is 8.42 Å². The highest BCUT2D eigenvalue weighted by Gasteiger charge is 2.42. The molecule has 1 spiro atoms. The molecule has 7 heteroatoms. The van der Waals surface area contributed by atoms with Gasteiger partial charge in [0.25, 0.3) is 0 Å². The summed E-state index contributed by atoms with van der Waals surface area (Å²) in [5.74, 6) is 1.71. The minimum Gasteiger partial charge on any atom is -0.496 e. The lowest BCUT2D eigenvalue weighted by atomic mass is 10.1. The van der Waals surface area contributed by atoms with Gasteiger partial charge in [0.1, 0.15) is 10.7 Å². The number of rotatable bonds is 3. The molecule has 2 aliphatic heterocycles. The van der Waals surface area contributed by atoms with E-state index in [-0.39, 0.29) is 4.93 Å². The van der Waals surface area contributed by atoms with Crippen LogP contribution in [0.4, 0.5) is 0 Å². The second-order valence-electron chi connectivity index (χ2n) is 5.64. The summed E-state index contributed by atoms with van der Waals surface area (Å²) in [5.41, 5.74) is 0.826. The lowest BCUT2D eigenvalue weighted by Crippen LogP contribution is -2.44. The molecule has 0 unspecified atom stereocenters. The van der Waals surface area contributed by atoms with Gasteiger partial charge in [0.15, 0.2) is 0 Å². The van der Waals surface area contributed by atoms with Crippen molar-refractivity contribution in [2.24, 2.45) is 0 Å². The van der Waals surface area contributed by atoms with E-state index in [2.05, 4.69) is 0 Å². The monoisotopic (exact) mass is 343 g/mol. The molecule has 3 rings (SSSR count). The van der Waals surface area contributed by atoms with Crippen molar-refractivity contribution in [1.29, 1.82) is 0 Å². The van der Waals surface area contributed by atoms with Gasteiger partial charge in [-0.05, 0) is 43.5 Å². The predicted octanol–water partition coefficient (Wildman–Crippen LogP) is 2.25. The smallest absolute Gasteiger partial charge is 0.243 e. The molecule has 1 aromatic carbocycles. The third-order valence-electron chi connectivity index (χ3n) is 4.30. The maximum absolute atomic E-state index is 12.8. The molecule has 122 valence electrons. The molecule has 2 aliphatic rings. The van der Waals surface area contributed by atoms with Crippen LogP contribution in [0.1, 0.15) is 18.4 Å².